The van der Waals surface area contributed by atoms with E-state index in [1.54, 1.807) is 6.92 Å². The van der Waals surface area contributed by atoms with Crippen LogP contribution in [0, 0.1) is 0 Å². The van der Waals surface area contributed by atoms with Crippen LogP contribution in [0.5, 0.6) is 0 Å². The fourth-order valence-electron chi connectivity index (χ4n) is 4.09. The molecule has 1 aromatic rings. The second-order valence-electron chi connectivity index (χ2n) is 9.24. The summed E-state index contributed by atoms with van der Waals surface area (Å²) >= 11 is 0. The average molecular weight is 588 g/mol. The van der Waals surface area contributed by atoms with Crippen molar-refractivity contribution < 1.29 is 48.3 Å². The molecule has 0 spiro atoms. The zero-order chi connectivity index (χ0) is 30.9. The number of aliphatic hydroxyl groups excluding tert-OH is 2. The first-order valence-corrected chi connectivity index (χ1v) is 12.9. The van der Waals surface area contributed by atoms with E-state index in [0.717, 1.165) is 30.7 Å². The third-order valence-corrected chi connectivity index (χ3v) is 6.01. The van der Waals surface area contributed by atoms with Gasteiger partial charge >= 0.3 is 23.6 Å². The summed E-state index contributed by atoms with van der Waals surface area (Å²) < 4.78 is 22.5. The topological polar surface area (TPSA) is 251 Å². The number of aromatic amines is 1. The van der Waals surface area contributed by atoms with Crippen molar-refractivity contribution in [3.8, 4) is 0 Å². The molecule has 1 fully saturated rings. The largest absolute Gasteiger partial charge is 0.465 e. The molecule has 1 aromatic heterocycles. The SMILES string of the molecule is CCOC(=O)C(NCCCNC(=O)[C@@H](N)[C@H](C)O)[C@@H](O)[C@H]1O[C@H](n2ccc(=O)[nH]c2=O)[C@H](OC(C)=O)[C@@H]1OC(C)=O. The van der Waals surface area contributed by atoms with Crippen LogP contribution < -0.4 is 27.6 Å². The van der Waals surface area contributed by atoms with Gasteiger partial charge in [-0.25, -0.2) is 4.79 Å². The maximum Gasteiger partial charge on any atom is 0.330 e. The molecule has 8 atom stereocenters. The number of hydrogen-bond donors (Lipinski definition) is 6. The van der Waals surface area contributed by atoms with Gasteiger partial charge in [0, 0.05) is 32.7 Å². The predicted molar refractivity (Wildman–Crippen MR) is 138 cm³/mol. The van der Waals surface area contributed by atoms with Crippen molar-refractivity contribution in [1.29, 1.82) is 0 Å². The summed E-state index contributed by atoms with van der Waals surface area (Å²) in [4.78, 5) is 74.7. The van der Waals surface area contributed by atoms with Gasteiger partial charge in [0.15, 0.2) is 18.4 Å². The van der Waals surface area contributed by atoms with E-state index < -0.39 is 83.9 Å². The first-order valence-electron chi connectivity index (χ1n) is 12.9. The number of esters is 3. The van der Waals surface area contributed by atoms with Crippen molar-refractivity contribution in [1.82, 2.24) is 20.2 Å². The van der Waals surface area contributed by atoms with E-state index in [2.05, 4.69) is 10.6 Å². The normalized spacial score (nSPS) is 23.1. The third kappa shape index (κ3) is 9.19. The van der Waals surface area contributed by atoms with Gasteiger partial charge in [-0.1, -0.05) is 0 Å². The van der Waals surface area contributed by atoms with E-state index in [0.29, 0.717) is 0 Å². The molecule has 17 nitrogen and oxygen atoms in total. The van der Waals surface area contributed by atoms with Crippen LogP contribution >= 0.6 is 0 Å². The summed E-state index contributed by atoms with van der Waals surface area (Å²) in [6.07, 6.45) is -7.46. The quantitative estimate of drug-likeness (QED) is 0.0699. The highest BCUT2D eigenvalue weighted by Crippen LogP contribution is 2.35. The van der Waals surface area contributed by atoms with Crippen LogP contribution in [0.2, 0.25) is 0 Å². The average Bonchev–Trinajstić information content (AvgIpc) is 3.21. The Morgan fingerprint density at radius 3 is 2.32 bits per heavy atom. The van der Waals surface area contributed by atoms with E-state index in [9.17, 15) is 39.0 Å². The fourth-order valence-corrected chi connectivity index (χ4v) is 4.09. The Morgan fingerprint density at radius 1 is 1.12 bits per heavy atom. The van der Waals surface area contributed by atoms with Gasteiger partial charge in [0.2, 0.25) is 5.91 Å². The minimum Gasteiger partial charge on any atom is -0.465 e. The van der Waals surface area contributed by atoms with Gasteiger partial charge in [0.25, 0.3) is 5.56 Å². The Labute approximate surface area is 234 Å². The van der Waals surface area contributed by atoms with Gasteiger partial charge in [-0.2, -0.15) is 0 Å². The second kappa shape index (κ2) is 15.4. The number of aromatic nitrogens is 2. The molecule has 1 unspecified atom stereocenters. The Bertz CT molecular complexity index is 1180. The van der Waals surface area contributed by atoms with Gasteiger partial charge in [-0.05, 0) is 26.8 Å². The molecular weight excluding hydrogens is 550 g/mol. The Balaban J connectivity index is 2.31. The number of hydrogen-bond acceptors (Lipinski definition) is 14. The summed E-state index contributed by atoms with van der Waals surface area (Å²) in [5.74, 6) is -3.13. The number of amides is 1. The molecule has 2 rings (SSSR count). The maximum atomic E-state index is 12.8. The van der Waals surface area contributed by atoms with Gasteiger partial charge < -0.3 is 45.5 Å². The summed E-state index contributed by atoms with van der Waals surface area (Å²) in [7, 11) is 0. The van der Waals surface area contributed by atoms with Crippen molar-refractivity contribution in [3.63, 3.8) is 0 Å². The number of H-pyrrole nitrogens is 1. The van der Waals surface area contributed by atoms with Gasteiger partial charge in [0.1, 0.15) is 24.3 Å². The number of nitrogens with two attached hydrogens (primary N) is 1. The third-order valence-electron chi connectivity index (χ3n) is 6.01. The molecule has 41 heavy (non-hydrogen) atoms. The van der Waals surface area contributed by atoms with Crippen LogP contribution in [0.25, 0.3) is 0 Å². The molecule has 2 heterocycles. The lowest BCUT2D eigenvalue weighted by Crippen LogP contribution is -2.56. The summed E-state index contributed by atoms with van der Waals surface area (Å²) in [6.45, 7) is 5.18. The number of carbonyl (C=O) groups excluding carboxylic acids is 4. The number of nitrogens with one attached hydrogen (secondary N) is 3. The first kappa shape index (κ1) is 33.6. The lowest BCUT2D eigenvalue weighted by atomic mass is 9.98. The summed E-state index contributed by atoms with van der Waals surface area (Å²) in [5, 5.41) is 26.1. The highest BCUT2D eigenvalue weighted by Gasteiger charge is 2.55. The van der Waals surface area contributed by atoms with E-state index in [1.807, 2.05) is 4.98 Å². The van der Waals surface area contributed by atoms with Crippen molar-refractivity contribution in [2.75, 3.05) is 19.7 Å². The highest BCUT2D eigenvalue weighted by atomic mass is 16.6. The second-order valence-corrected chi connectivity index (χ2v) is 9.24. The first-order chi connectivity index (χ1) is 19.3. The number of carbonyl (C=O) groups is 4. The predicted octanol–water partition coefficient (Wildman–Crippen LogP) is -3.61. The lowest BCUT2D eigenvalue weighted by molar-refractivity contribution is -0.168. The monoisotopic (exact) mass is 587 g/mol. The van der Waals surface area contributed by atoms with Crippen LogP contribution in [0.4, 0.5) is 0 Å². The van der Waals surface area contributed by atoms with Gasteiger partial charge in [0.05, 0.1) is 12.7 Å². The molecule has 1 aliphatic heterocycles. The molecule has 0 aromatic carbocycles. The van der Waals surface area contributed by atoms with Crippen molar-refractivity contribution in [3.05, 3.63) is 33.1 Å². The number of nitrogens with zero attached hydrogens (tertiary/aromatic N) is 1. The highest BCUT2D eigenvalue weighted by molar-refractivity contribution is 5.82. The maximum absolute atomic E-state index is 12.8. The molecule has 1 amide bonds. The molecule has 17 heteroatoms. The number of rotatable bonds is 14. The van der Waals surface area contributed by atoms with Crippen LogP contribution in [-0.2, 0) is 38.1 Å². The Kier molecular flexibility index (Phi) is 12.6. The number of ether oxygens (including phenoxy) is 4. The minimum atomic E-state index is -1.78. The van der Waals surface area contributed by atoms with E-state index in [-0.39, 0.29) is 26.1 Å². The smallest absolute Gasteiger partial charge is 0.330 e. The lowest BCUT2D eigenvalue weighted by Gasteiger charge is -2.29. The van der Waals surface area contributed by atoms with Crippen LogP contribution in [0.3, 0.4) is 0 Å². The standard InChI is InChI=1S/C24H37N5O12/c1-5-38-23(36)16(26-8-6-9-27-21(35)15(25)11(2)30)17(34)18-19(39-12(3)31)20(40-13(4)32)22(41-18)29-10-7-14(33)28-24(29)37/h7,10-11,15-20,22,26,30,34H,5-6,8-9,25H2,1-4H3,(H,27,35)(H,28,33,37)/t11-,15-,16?,17+,18+,19+,20+,22-/m0/s1. The molecule has 0 radical (unpaired) electrons. The van der Waals surface area contributed by atoms with Crippen molar-refractivity contribution in [2.24, 2.45) is 5.73 Å². The van der Waals surface area contributed by atoms with Crippen LogP contribution in [0.15, 0.2) is 21.9 Å². The molecular formula is C24H37N5O12. The van der Waals surface area contributed by atoms with E-state index in [1.165, 1.54) is 6.92 Å². The number of aliphatic hydroxyl groups is 2. The summed E-state index contributed by atoms with van der Waals surface area (Å²) in [5.41, 5.74) is 3.93. The van der Waals surface area contributed by atoms with Crippen LogP contribution in [0.1, 0.15) is 40.3 Å². The fraction of sp³-hybridized carbons (Fsp3) is 0.667. The van der Waals surface area contributed by atoms with Crippen molar-refractivity contribution >= 4 is 23.8 Å². The van der Waals surface area contributed by atoms with E-state index in [4.69, 9.17) is 24.7 Å². The molecule has 0 aliphatic carbocycles. The summed E-state index contributed by atoms with van der Waals surface area (Å²) in [6, 6.07) is -1.57. The molecule has 230 valence electrons. The van der Waals surface area contributed by atoms with Gasteiger partial charge in [-0.3, -0.25) is 33.5 Å². The molecule has 0 bridgehead atoms. The Morgan fingerprint density at radius 2 is 1.76 bits per heavy atom. The zero-order valence-electron chi connectivity index (χ0n) is 23.1. The Hall–Kier alpha value is -3.64. The molecule has 1 saturated heterocycles. The van der Waals surface area contributed by atoms with Crippen molar-refractivity contribution in [2.45, 2.75) is 82.9 Å². The molecule has 1 aliphatic rings. The molecule has 7 N–H and O–H groups in total. The zero-order valence-corrected chi connectivity index (χ0v) is 23.1. The van der Waals surface area contributed by atoms with Crippen LogP contribution in [-0.4, -0.2) is 106 Å². The minimum absolute atomic E-state index is 0.0403. The van der Waals surface area contributed by atoms with Gasteiger partial charge in [-0.15, -0.1) is 0 Å². The van der Waals surface area contributed by atoms with E-state index >= 15 is 0 Å². The molecule has 0 saturated carbocycles.